The lowest BCUT2D eigenvalue weighted by atomic mass is 9.92. The van der Waals surface area contributed by atoms with Gasteiger partial charge in [-0.25, -0.2) is 0 Å². The molecule has 0 radical (unpaired) electrons. The highest BCUT2D eigenvalue weighted by atomic mass is 32.2. The van der Waals surface area contributed by atoms with Gasteiger partial charge in [0.1, 0.15) is 5.78 Å². The topological polar surface area (TPSA) is 17.1 Å². The van der Waals surface area contributed by atoms with Crippen molar-refractivity contribution in [2.45, 2.75) is 63.4 Å². The molecule has 1 fully saturated rings. The van der Waals surface area contributed by atoms with Crippen molar-refractivity contribution in [3.63, 3.8) is 0 Å². The first-order valence-corrected chi connectivity index (χ1v) is 9.04. The van der Waals surface area contributed by atoms with Crippen molar-refractivity contribution in [3.8, 4) is 0 Å². The zero-order valence-corrected chi connectivity index (χ0v) is 13.0. The van der Waals surface area contributed by atoms with Crippen LogP contribution in [-0.4, -0.2) is 27.8 Å². The fourth-order valence-electron chi connectivity index (χ4n) is 2.33. The number of hydrogen-bond donors (Lipinski definition) is 0. The summed E-state index contributed by atoms with van der Waals surface area (Å²) in [5, 5.41) is 0.786. The van der Waals surface area contributed by atoms with Crippen molar-refractivity contribution in [2.24, 2.45) is 5.92 Å². The molecule has 0 aliphatic carbocycles. The van der Waals surface area contributed by atoms with Gasteiger partial charge in [0.05, 0.1) is 5.25 Å². The summed E-state index contributed by atoms with van der Waals surface area (Å²) in [5.41, 5.74) is 0. The maximum atomic E-state index is 12.3. The Hall–Kier alpha value is 0.370. The van der Waals surface area contributed by atoms with Crippen LogP contribution in [0.15, 0.2) is 0 Å². The Morgan fingerprint density at radius 1 is 1.29 bits per heavy atom. The molecule has 0 spiro atoms. The van der Waals surface area contributed by atoms with Gasteiger partial charge in [0.2, 0.25) is 0 Å². The molecular weight excluding hydrogens is 248 g/mol. The van der Waals surface area contributed by atoms with E-state index in [0.717, 1.165) is 18.6 Å². The number of thioether (sulfide) groups is 2. The Bertz CT molecular complexity index is 230. The first-order chi connectivity index (χ1) is 8.19. The highest BCUT2D eigenvalue weighted by Crippen LogP contribution is 2.33. The molecule has 100 valence electrons. The van der Waals surface area contributed by atoms with Crippen molar-refractivity contribution < 1.29 is 4.79 Å². The Labute approximate surface area is 115 Å². The average molecular weight is 274 g/mol. The minimum absolute atomic E-state index is 0.268. The van der Waals surface area contributed by atoms with Gasteiger partial charge in [-0.1, -0.05) is 46.5 Å². The van der Waals surface area contributed by atoms with E-state index in [0.29, 0.717) is 17.0 Å². The Morgan fingerprint density at radius 3 is 2.59 bits per heavy atom. The molecule has 0 bridgehead atoms. The predicted octanol–water partition coefficient (Wildman–Crippen LogP) is 4.40. The van der Waals surface area contributed by atoms with Gasteiger partial charge in [-0.3, -0.25) is 4.79 Å². The molecule has 0 N–H and O–H groups in total. The third-order valence-corrected chi connectivity index (χ3v) is 6.68. The molecule has 3 heteroatoms. The molecule has 1 nitrogen and oxygen atoms in total. The molecule has 1 heterocycles. The smallest absolute Gasteiger partial charge is 0.147 e. The second-order valence-corrected chi connectivity index (χ2v) is 7.69. The largest absolute Gasteiger partial charge is 0.298 e. The van der Waals surface area contributed by atoms with E-state index in [-0.39, 0.29) is 5.25 Å². The summed E-state index contributed by atoms with van der Waals surface area (Å²) in [6.07, 6.45) is 5.73. The average Bonchev–Trinajstić information content (AvgIpc) is 2.34. The lowest BCUT2D eigenvalue weighted by Gasteiger charge is -2.28. The van der Waals surface area contributed by atoms with Crippen molar-refractivity contribution in [2.75, 3.05) is 11.5 Å². The quantitative estimate of drug-likeness (QED) is 0.685. The zero-order valence-electron chi connectivity index (χ0n) is 11.4. The summed E-state index contributed by atoms with van der Waals surface area (Å²) in [7, 11) is 0. The van der Waals surface area contributed by atoms with E-state index in [1.165, 1.54) is 25.0 Å². The maximum absolute atomic E-state index is 12.3. The Balaban J connectivity index is 2.39. The van der Waals surface area contributed by atoms with E-state index >= 15 is 0 Å². The van der Waals surface area contributed by atoms with Crippen LogP contribution in [0.25, 0.3) is 0 Å². The molecule has 0 aromatic heterocycles. The number of carbonyl (C=O) groups is 1. The molecule has 0 amide bonds. The van der Waals surface area contributed by atoms with Gasteiger partial charge in [0, 0.05) is 23.2 Å². The van der Waals surface area contributed by atoms with Crippen molar-refractivity contribution in [3.05, 3.63) is 0 Å². The molecule has 0 aromatic carbocycles. The van der Waals surface area contributed by atoms with E-state index in [9.17, 15) is 4.79 Å². The minimum atomic E-state index is 0.268. The van der Waals surface area contributed by atoms with Crippen LogP contribution in [0.3, 0.4) is 0 Å². The van der Waals surface area contributed by atoms with E-state index < -0.39 is 0 Å². The van der Waals surface area contributed by atoms with Crippen LogP contribution in [0.5, 0.6) is 0 Å². The van der Waals surface area contributed by atoms with E-state index in [4.69, 9.17) is 0 Å². The summed E-state index contributed by atoms with van der Waals surface area (Å²) in [6, 6.07) is 0. The van der Waals surface area contributed by atoms with E-state index in [1.807, 2.05) is 23.5 Å². The zero-order chi connectivity index (χ0) is 12.7. The van der Waals surface area contributed by atoms with Crippen molar-refractivity contribution in [1.29, 1.82) is 0 Å². The van der Waals surface area contributed by atoms with E-state index in [2.05, 4.69) is 20.8 Å². The predicted molar refractivity (Wildman–Crippen MR) is 81.1 cm³/mol. The number of hydrogen-bond acceptors (Lipinski definition) is 3. The Morgan fingerprint density at radius 2 is 2.00 bits per heavy atom. The van der Waals surface area contributed by atoms with Gasteiger partial charge in [0.25, 0.3) is 0 Å². The maximum Gasteiger partial charge on any atom is 0.147 e. The monoisotopic (exact) mass is 274 g/mol. The summed E-state index contributed by atoms with van der Waals surface area (Å²) in [4.78, 5) is 12.3. The van der Waals surface area contributed by atoms with Crippen LogP contribution in [0.2, 0.25) is 0 Å². The molecule has 1 aliphatic heterocycles. The highest BCUT2D eigenvalue weighted by Gasteiger charge is 2.29. The van der Waals surface area contributed by atoms with Gasteiger partial charge < -0.3 is 0 Å². The lowest BCUT2D eigenvalue weighted by Crippen LogP contribution is -2.32. The van der Waals surface area contributed by atoms with Crippen LogP contribution in [0.1, 0.15) is 52.9 Å². The van der Waals surface area contributed by atoms with Crippen LogP contribution in [0, 0.1) is 5.92 Å². The number of rotatable bonds is 7. The first kappa shape index (κ1) is 15.4. The third-order valence-electron chi connectivity index (χ3n) is 3.54. The Kier molecular flexibility index (Phi) is 7.68. The summed E-state index contributed by atoms with van der Waals surface area (Å²) >= 11 is 3.85. The third kappa shape index (κ3) is 5.25. The van der Waals surface area contributed by atoms with Crippen LogP contribution >= 0.6 is 23.5 Å². The van der Waals surface area contributed by atoms with Gasteiger partial charge in [0.15, 0.2) is 0 Å². The van der Waals surface area contributed by atoms with Crippen LogP contribution in [-0.2, 0) is 4.79 Å². The van der Waals surface area contributed by atoms with Crippen LogP contribution < -0.4 is 0 Å². The number of unbranched alkanes of at least 4 members (excludes halogenated alkanes) is 1. The molecule has 3 unspecified atom stereocenters. The molecule has 3 atom stereocenters. The molecule has 1 rings (SSSR count). The normalized spacial score (nSPS) is 26.8. The summed E-state index contributed by atoms with van der Waals surface area (Å²) in [5.74, 6) is 3.50. The molecule has 1 aliphatic rings. The lowest BCUT2D eigenvalue weighted by molar-refractivity contribution is -0.119. The van der Waals surface area contributed by atoms with Gasteiger partial charge in [-0.15, -0.1) is 11.8 Å². The van der Waals surface area contributed by atoms with Gasteiger partial charge in [-0.2, -0.15) is 11.8 Å². The second-order valence-electron chi connectivity index (χ2n) is 4.95. The van der Waals surface area contributed by atoms with Gasteiger partial charge in [-0.05, 0) is 5.92 Å². The fourth-order valence-corrected chi connectivity index (χ4v) is 5.08. The summed E-state index contributed by atoms with van der Waals surface area (Å²) < 4.78 is 0. The number of Topliss-reactive ketones (excluding diaryl/α,β-unsaturated/α-hetero) is 1. The fraction of sp³-hybridized carbons (Fsp3) is 0.929. The van der Waals surface area contributed by atoms with Crippen LogP contribution in [0.4, 0.5) is 0 Å². The molecule has 0 aromatic rings. The molecule has 0 saturated carbocycles. The summed E-state index contributed by atoms with van der Waals surface area (Å²) in [6.45, 7) is 6.66. The minimum Gasteiger partial charge on any atom is -0.298 e. The number of ketones is 1. The van der Waals surface area contributed by atoms with Crippen molar-refractivity contribution >= 4 is 29.3 Å². The number of carbonyl (C=O) groups excluding carboxylic acids is 1. The standard InChI is InChI=1S/C14H26OS2/c1-4-6-7-12(5-2)10-13(15)14-11(3)16-8-9-17-14/h11-12,14H,4-10H2,1-3H3. The second kappa shape index (κ2) is 8.47. The molecular formula is C14H26OS2. The SMILES string of the molecule is CCCCC(CC)CC(=O)C1SCCSC1C. The van der Waals surface area contributed by atoms with Crippen molar-refractivity contribution in [1.82, 2.24) is 0 Å². The van der Waals surface area contributed by atoms with Gasteiger partial charge >= 0.3 is 0 Å². The molecule has 17 heavy (non-hydrogen) atoms. The molecule has 1 saturated heterocycles. The van der Waals surface area contributed by atoms with E-state index in [1.54, 1.807) is 0 Å². The highest BCUT2D eigenvalue weighted by molar-refractivity contribution is 8.07. The first-order valence-electron chi connectivity index (χ1n) is 6.94.